The van der Waals surface area contributed by atoms with E-state index in [9.17, 15) is 0 Å². The van der Waals surface area contributed by atoms with Crippen LogP contribution in [0.15, 0.2) is 0 Å². The molecule has 0 rings (SSSR count). The predicted octanol–water partition coefficient (Wildman–Crippen LogP) is -14.8. The smallest absolute Gasteiger partial charge is 1.00 e. The normalized spacial score (nSPS) is 0. The molecule has 0 aromatic rings. The van der Waals surface area contributed by atoms with Gasteiger partial charge in [-0.15, -0.1) is 0 Å². The summed E-state index contributed by atoms with van der Waals surface area (Å²) < 4.78 is 0. The van der Waals surface area contributed by atoms with Crippen LogP contribution in [0.3, 0.4) is 0 Å². The summed E-state index contributed by atoms with van der Waals surface area (Å²) in [6.45, 7) is 0. The monoisotopic (exact) mass is 391 g/mol. The average molecular weight is 393 g/mol. The van der Waals surface area contributed by atoms with Gasteiger partial charge < -0.3 is 73.7 Å². The molecule has 0 saturated carbocycles. The Morgan fingerprint density at radius 2 is 0.500 bits per heavy atom. The zero-order chi connectivity index (χ0) is 0. The molecule has 0 aliphatic carbocycles. The zero-order valence-corrected chi connectivity index (χ0v) is 10.8. The zero-order valence-electron chi connectivity index (χ0n) is 3.78. The molecule has 0 atom stereocenters. The van der Waals surface area contributed by atoms with Crippen LogP contribution in [-0.2, 0) is 22.4 Å². The number of halogens is 5. The number of rotatable bonds is 0. The first-order chi connectivity index (χ1) is 0. The summed E-state index contributed by atoms with van der Waals surface area (Å²) in [5.74, 6) is 0. The third-order valence-corrected chi connectivity index (χ3v) is 0. The second-order valence-corrected chi connectivity index (χ2v) is 0. The van der Waals surface area contributed by atoms with E-state index in [4.69, 9.17) is 0 Å². The number of quaternary nitrogens is 1. The Morgan fingerprint density at radius 3 is 0.500 bits per heavy atom. The Labute approximate surface area is 95.4 Å². The van der Waals surface area contributed by atoms with Gasteiger partial charge in [-0.1, -0.05) is 0 Å². The van der Waals surface area contributed by atoms with Crippen LogP contribution in [0.2, 0.25) is 0 Å². The van der Waals surface area contributed by atoms with E-state index in [1.807, 2.05) is 0 Å². The van der Waals surface area contributed by atoms with Crippen LogP contribution in [-0.4, -0.2) is 5.48 Å². The van der Waals surface area contributed by atoms with Crippen LogP contribution in [0.5, 0.6) is 0 Å². The summed E-state index contributed by atoms with van der Waals surface area (Å²) in [5.41, 5.74) is 0. The molecule has 8 heavy (non-hydrogen) atoms. The maximum absolute atomic E-state index is 0. The number of hydrogen-bond donors (Lipinski definition) is 1. The number of hydrogen-bond acceptors (Lipinski definition) is 1. The van der Waals surface area contributed by atoms with Gasteiger partial charge in [-0.2, -0.15) is 0 Å². The van der Waals surface area contributed by atoms with Gasteiger partial charge in [0.15, 0.2) is 0 Å². The molecule has 0 saturated heterocycles. The predicted molar refractivity (Wildman–Crippen MR) is 7.92 cm³/mol. The summed E-state index contributed by atoms with van der Waals surface area (Å²) in [6, 6.07) is 0. The van der Waals surface area contributed by atoms with E-state index in [1.165, 1.54) is 0 Å². The van der Waals surface area contributed by atoms with Crippen molar-refractivity contribution in [3.63, 3.8) is 0 Å². The van der Waals surface area contributed by atoms with Crippen molar-refractivity contribution in [3.05, 3.63) is 0 Å². The third-order valence-electron chi connectivity index (χ3n) is 0. The summed E-state index contributed by atoms with van der Waals surface area (Å²) in [7, 11) is 0. The van der Waals surface area contributed by atoms with E-state index in [1.54, 1.807) is 0 Å². The summed E-state index contributed by atoms with van der Waals surface area (Å²) in [5, 5.41) is 0. The van der Waals surface area contributed by atoms with Gasteiger partial charge >= 0.3 is 22.4 Å². The van der Waals surface area contributed by atoms with Gasteiger partial charge in [-0.3, -0.25) is 0 Å². The summed E-state index contributed by atoms with van der Waals surface area (Å²) in [6.07, 6.45) is 0. The SMILES string of the molecule is [Cl-].[Cl-].[Cl-].[Cl-].[Cl-].[NH4+].[OH-].[Ta+5]. The molecular weight excluding hydrogens is 388 g/mol. The van der Waals surface area contributed by atoms with Crippen molar-refractivity contribution < 1.29 is 89.9 Å². The van der Waals surface area contributed by atoms with E-state index in [0.29, 0.717) is 0 Å². The molecule has 0 radical (unpaired) electrons. The standard InChI is InChI=1S/5ClH.H3N.H2O.Ta/h5*1H;1H3;1H2;/q;;;;;;;+5/p-5. The molecule has 0 aliphatic rings. The Bertz CT molecular complexity index is 12.4. The molecular formula is H5Cl5NOTa. The van der Waals surface area contributed by atoms with Crippen molar-refractivity contribution >= 4 is 0 Å². The molecule has 0 amide bonds. The van der Waals surface area contributed by atoms with Crippen molar-refractivity contribution in [1.29, 1.82) is 0 Å². The quantitative estimate of drug-likeness (QED) is 0.437. The van der Waals surface area contributed by atoms with E-state index in [0.717, 1.165) is 0 Å². The first-order valence-corrected chi connectivity index (χ1v) is 0. The van der Waals surface area contributed by atoms with E-state index < -0.39 is 0 Å². The minimum atomic E-state index is 0. The van der Waals surface area contributed by atoms with Gasteiger partial charge in [-0.05, 0) is 0 Å². The molecule has 0 aromatic carbocycles. The van der Waals surface area contributed by atoms with Crippen molar-refractivity contribution in [1.82, 2.24) is 6.15 Å². The fraction of sp³-hybridized carbons (Fsp3) is 0. The minimum Gasteiger partial charge on any atom is -1.00 e. The fourth-order valence-electron chi connectivity index (χ4n) is 0. The van der Waals surface area contributed by atoms with Crippen molar-refractivity contribution in [2.75, 3.05) is 0 Å². The fourth-order valence-corrected chi connectivity index (χ4v) is 0. The second kappa shape index (κ2) is 135. The summed E-state index contributed by atoms with van der Waals surface area (Å²) >= 11 is 0. The van der Waals surface area contributed by atoms with Crippen LogP contribution >= 0.6 is 0 Å². The van der Waals surface area contributed by atoms with Gasteiger partial charge in [0.25, 0.3) is 0 Å². The van der Waals surface area contributed by atoms with Crippen LogP contribution < -0.4 is 68.2 Å². The first-order valence-electron chi connectivity index (χ1n) is 0. The molecule has 0 bridgehead atoms. The molecule has 56 valence electrons. The largest absolute Gasteiger partial charge is 5.00 e. The van der Waals surface area contributed by atoms with Crippen LogP contribution in [0.25, 0.3) is 0 Å². The van der Waals surface area contributed by atoms with Crippen LogP contribution in [0.1, 0.15) is 0 Å². The molecule has 8 heteroatoms. The molecule has 0 spiro atoms. The maximum Gasteiger partial charge on any atom is 5.00 e. The molecule has 0 aromatic heterocycles. The van der Waals surface area contributed by atoms with Gasteiger partial charge in [-0.25, -0.2) is 0 Å². The first kappa shape index (κ1) is 188. The molecule has 0 fully saturated rings. The van der Waals surface area contributed by atoms with Crippen LogP contribution in [0, 0.1) is 0 Å². The Morgan fingerprint density at radius 1 is 0.500 bits per heavy atom. The second-order valence-electron chi connectivity index (χ2n) is 0. The van der Waals surface area contributed by atoms with Crippen LogP contribution in [0.4, 0.5) is 0 Å². The van der Waals surface area contributed by atoms with E-state index in [-0.39, 0.29) is 96.0 Å². The Hall–Kier alpha value is 2.11. The van der Waals surface area contributed by atoms with Gasteiger partial charge in [0.2, 0.25) is 0 Å². The molecule has 0 unspecified atom stereocenters. The molecule has 0 heterocycles. The topological polar surface area (TPSA) is 66.5 Å². The van der Waals surface area contributed by atoms with Crippen molar-refractivity contribution in [3.8, 4) is 0 Å². The molecule has 2 nitrogen and oxygen atoms in total. The van der Waals surface area contributed by atoms with Gasteiger partial charge in [0, 0.05) is 0 Å². The minimum absolute atomic E-state index is 0. The average Bonchev–Trinajstić information content (AvgIpc) is 0. The van der Waals surface area contributed by atoms with Crippen molar-refractivity contribution in [2.45, 2.75) is 0 Å². The van der Waals surface area contributed by atoms with Crippen molar-refractivity contribution in [2.24, 2.45) is 0 Å². The maximum atomic E-state index is 0. The molecule has 5 N–H and O–H groups in total. The van der Waals surface area contributed by atoms with Gasteiger partial charge in [0.05, 0.1) is 0 Å². The van der Waals surface area contributed by atoms with E-state index >= 15 is 0 Å². The molecule has 0 aliphatic heterocycles. The Kier molecular flexibility index (Phi) is 3170. The third kappa shape index (κ3) is 92.1. The van der Waals surface area contributed by atoms with Gasteiger partial charge in [0.1, 0.15) is 0 Å². The van der Waals surface area contributed by atoms with E-state index in [2.05, 4.69) is 0 Å². The summed E-state index contributed by atoms with van der Waals surface area (Å²) in [4.78, 5) is 0. The Balaban J connectivity index is 0.